The maximum atomic E-state index is 13.0. The van der Waals surface area contributed by atoms with Crippen molar-refractivity contribution in [2.24, 2.45) is 7.05 Å². The van der Waals surface area contributed by atoms with Crippen molar-refractivity contribution in [3.63, 3.8) is 0 Å². The Morgan fingerprint density at radius 1 is 1.11 bits per heavy atom. The molecule has 3 aromatic rings. The van der Waals surface area contributed by atoms with Gasteiger partial charge in [0.25, 0.3) is 5.56 Å². The number of nitrogen functional groups attached to an aromatic ring is 1. The Morgan fingerprint density at radius 2 is 1.75 bits per heavy atom. The summed E-state index contributed by atoms with van der Waals surface area (Å²) in [6.45, 7) is 5.60. The lowest BCUT2D eigenvalue weighted by Gasteiger charge is -2.28. The minimum absolute atomic E-state index is 0.237. The van der Waals surface area contributed by atoms with Gasteiger partial charge in [0.15, 0.2) is 12.4 Å². The van der Waals surface area contributed by atoms with E-state index in [1.165, 1.54) is 4.57 Å². The molecule has 1 unspecified atom stereocenters. The average Bonchev–Trinajstić information content (AvgIpc) is 2.63. The molecule has 2 aromatic carbocycles. The summed E-state index contributed by atoms with van der Waals surface area (Å²) in [7, 11) is 1.64. The molecule has 0 radical (unpaired) electrons. The van der Waals surface area contributed by atoms with E-state index in [2.05, 4.69) is 0 Å². The first-order valence-electron chi connectivity index (χ1n) is 8.93. The molecule has 1 heterocycles. The highest BCUT2D eigenvalue weighted by Crippen LogP contribution is 2.36. The summed E-state index contributed by atoms with van der Waals surface area (Å²) < 4.78 is 7.46. The summed E-state index contributed by atoms with van der Waals surface area (Å²) in [5.41, 5.74) is 7.67. The zero-order valence-corrected chi connectivity index (χ0v) is 17.1. The monoisotopic (exact) mass is 398 g/mol. The number of nitrogens with zero attached hydrogens (tertiary/aromatic N) is 1. The largest absolute Gasteiger partial charge is 0.399 e. The molecule has 28 heavy (non-hydrogen) atoms. The SMILES string of the molecule is Cn1c(C(C=O)OC(C)(C)C)c(-c2ccc(Cl)cc2)c2ccc(N)cc2c1=O. The van der Waals surface area contributed by atoms with Crippen molar-refractivity contribution in [1.82, 2.24) is 4.57 Å². The molecular formula is C22H23ClN2O3. The van der Waals surface area contributed by atoms with Gasteiger partial charge in [-0.25, -0.2) is 0 Å². The van der Waals surface area contributed by atoms with E-state index in [0.717, 1.165) is 17.4 Å². The first-order valence-corrected chi connectivity index (χ1v) is 9.31. The van der Waals surface area contributed by atoms with Gasteiger partial charge in [-0.15, -0.1) is 0 Å². The van der Waals surface area contributed by atoms with E-state index in [1.54, 1.807) is 37.4 Å². The minimum Gasteiger partial charge on any atom is -0.399 e. The van der Waals surface area contributed by atoms with E-state index >= 15 is 0 Å². The van der Waals surface area contributed by atoms with Crippen LogP contribution in [0.15, 0.2) is 47.3 Å². The van der Waals surface area contributed by atoms with Crippen LogP contribution in [0.4, 0.5) is 5.69 Å². The number of hydrogen-bond donors (Lipinski definition) is 1. The van der Waals surface area contributed by atoms with Crippen LogP contribution in [0.25, 0.3) is 21.9 Å². The molecule has 0 aliphatic carbocycles. The fourth-order valence-corrected chi connectivity index (χ4v) is 3.46. The van der Waals surface area contributed by atoms with E-state index in [4.69, 9.17) is 22.1 Å². The van der Waals surface area contributed by atoms with Crippen molar-refractivity contribution in [2.45, 2.75) is 32.5 Å². The third kappa shape index (κ3) is 3.81. The molecule has 0 aliphatic rings. The molecule has 0 spiro atoms. The van der Waals surface area contributed by atoms with Crippen molar-refractivity contribution in [3.05, 3.63) is 63.5 Å². The van der Waals surface area contributed by atoms with E-state index in [0.29, 0.717) is 27.2 Å². The number of hydrogen-bond acceptors (Lipinski definition) is 4. The molecule has 1 atom stereocenters. The summed E-state index contributed by atoms with van der Waals surface area (Å²) in [5.74, 6) is 0. The van der Waals surface area contributed by atoms with Crippen molar-refractivity contribution < 1.29 is 9.53 Å². The third-order valence-corrected chi connectivity index (χ3v) is 4.72. The number of fused-ring (bicyclic) bond motifs is 1. The maximum absolute atomic E-state index is 13.0. The zero-order chi connectivity index (χ0) is 20.6. The van der Waals surface area contributed by atoms with Crippen LogP contribution in [0, 0.1) is 0 Å². The predicted octanol–water partition coefficient (Wildman–Crippen LogP) is 4.50. The molecule has 0 aliphatic heterocycles. The second kappa shape index (κ2) is 7.41. The highest BCUT2D eigenvalue weighted by Gasteiger charge is 2.27. The van der Waals surface area contributed by atoms with E-state index < -0.39 is 11.7 Å². The number of carbonyl (C=O) groups is 1. The van der Waals surface area contributed by atoms with E-state index in [-0.39, 0.29) is 5.56 Å². The Bertz CT molecular complexity index is 1100. The molecule has 1 aromatic heterocycles. The summed E-state index contributed by atoms with van der Waals surface area (Å²) in [6.07, 6.45) is -0.187. The van der Waals surface area contributed by atoms with Gasteiger partial charge in [0, 0.05) is 28.7 Å². The lowest BCUT2D eigenvalue weighted by Crippen LogP contribution is -2.30. The molecule has 0 amide bonds. The van der Waals surface area contributed by atoms with Gasteiger partial charge in [-0.1, -0.05) is 29.8 Å². The number of benzene rings is 2. The number of ether oxygens (including phenoxy) is 1. The van der Waals surface area contributed by atoms with Crippen LogP contribution >= 0.6 is 11.6 Å². The van der Waals surface area contributed by atoms with Gasteiger partial charge >= 0.3 is 0 Å². The van der Waals surface area contributed by atoms with Crippen LogP contribution in [-0.2, 0) is 16.6 Å². The van der Waals surface area contributed by atoms with Crippen molar-refractivity contribution in [2.75, 3.05) is 5.73 Å². The third-order valence-electron chi connectivity index (χ3n) is 4.47. The summed E-state index contributed by atoms with van der Waals surface area (Å²) in [6, 6.07) is 12.5. The molecule has 0 bridgehead atoms. The van der Waals surface area contributed by atoms with Crippen LogP contribution in [0.5, 0.6) is 0 Å². The summed E-state index contributed by atoms with van der Waals surface area (Å²) in [5, 5.41) is 1.79. The van der Waals surface area contributed by atoms with Crippen molar-refractivity contribution in [1.29, 1.82) is 0 Å². The van der Waals surface area contributed by atoms with Crippen molar-refractivity contribution in [3.8, 4) is 11.1 Å². The van der Waals surface area contributed by atoms with Gasteiger partial charge in [0.2, 0.25) is 0 Å². The number of aldehydes is 1. The number of pyridine rings is 1. The first-order chi connectivity index (χ1) is 13.1. The normalized spacial score (nSPS) is 12.9. The smallest absolute Gasteiger partial charge is 0.258 e. The van der Waals surface area contributed by atoms with E-state index in [9.17, 15) is 9.59 Å². The number of nitrogens with two attached hydrogens (primary N) is 1. The number of halogens is 1. The fourth-order valence-electron chi connectivity index (χ4n) is 3.33. The molecule has 0 saturated carbocycles. The summed E-state index contributed by atoms with van der Waals surface area (Å²) in [4.78, 5) is 25.0. The number of carbonyl (C=O) groups excluding carboxylic acids is 1. The Morgan fingerprint density at radius 3 is 2.32 bits per heavy atom. The number of rotatable bonds is 4. The molecule has 0 saturated heterocycles. The van der Waals surface area contributed by atoms with Crippen molar-refractivity contribution >= 4 is 34.3 Å². The number of anilines is 1. The highest BCUT2D eigenvalue weighted by atomic mass is 35.5. The van der Waals surface area contributed by atoms with Crippen LogP contribution in [0.2, 0.25) is 5.02 Å². The van der Waals surface area contributed by atoms with E-state index in [1.807, 2.05) is 32.9 Å². The Labute approximate surface area is 168 Å². The summed E-state index contributed by atoms with van der Waals surface area (Å²) >= 11 is 6.06. The topological polar surface area (TPSA) is 74.3 Å². The zero-order valence-electron chi connectivity index (χ0n) is 16.3. The molecule has 146 valence electrons. The molecule has 6 heteroatoms. The Balaban J connectivity index is 2.44. The molecule has 2 N–H and O–H groups in total. The van der Waals surface area contributed by atoms with Gasteiger partial charge in [-0.3, -0.25) is 4.79 Å². The predicted molar refractivity (Wildman–Crippen MR) is 114 cm³/mol. The number of aromatic nitrogens is 1. The van der Waals surface area contributed by atoms with Gasteiger partial charge < -0.3 is 19.8 Å². The first kappa shape index (κ1) is 20.1. The van der Waals surface area contributed by atoms with Gasteiger partial charge in [-0.2, -0.15) is 0 Å². The van der Waals surface area contributed by atoms with Crippen LogP contribution in [-0.4, -0.2) is 16.5 Å². The highest BCUT2D eigenvalue weighted by molar-refractivity contribution is 6.30. The van der Waals surface area contributed by atoms with Crippen LogP contribution < -0.4 is 11.3 Å². The molecule has 5 nitrogen and oxygen atoms in total. The minimum atomic E-state index is -0.912. The standard InChI is InChI=1S/C22H23ClN2O3/c1-22(2,3)28-18(12-26)20-19(13-5-7-14(23)8-6-13)16-10-9-15(24)11-17(16)21(27)25(20)4/h5-12,18H,24H2,1-4H3. The average molecular weight is 399 g/mol. The van der Waals surface area contributed by atoms with Gasteiger partial charge in [0.05, 0.1) is 11.3 Å². The molecular weight excluding hydrogens is 376 g/mol. The second-order valence-electron chi connectivity index (χ2n) is 7.72. The van der Waals surface area contributed by atoms with Crippen LogP contribution in [0.3, 0.4) is 0 Å². The Kier molecular flexibility index (Phi) is 5.33. The van der Waals surface area contributed by atoms with Gasteiger partial charge in [0.1, 0.15) is 0 Å². The Hall–Kier alpha value is -2.63. The second-order valence-corrected chi connectivity index (χ2v) is 8.16. The maximum Gasteiger partial charge on any atom is 0.258 e. The van der Waals surface area contributed by atoms with Gasteiger partial charge in [-0.05, 0) is 56.0 Å². The molecule has 0 fully saturated rings. The lowest BCUT2D eigenvalue weighted by atomic mass is 9.94. The molecule has 3 rings (SSSR count). The quantitative estimate of drug-likeness (QED) is 0.518. The fraction of sp³-hybridized carbons (Fsp3) is 0.273. The van der Waals surface area contributed by atoms with Crippen LogP contribution in [0.1, 0.15) is 32.6 Å². The lowest BCUT2D eigenvalue weighted by molar-refractivity contribution is -0.129.